The molecule has 0 bridgehead atoms. The number of nitrogens with two attached hydrogens (primary N) is 1. The highest BCUT2D eigenvalue weighted by molar-refractivity contribution is 5.95. The molecule has 4 rings (SSSR count). The maximum absolute atomic E-state index is 13.2. The van der Waals surface area contributed by atoms with E-state index in [-0.39, 0.29) is 11.8 Å². The second kappa shape index (κ2) is 9.27. The first-order valence-electron chi connectivity index (χ1n) is 10.9. The van der Waals surface area contributed by atoms with E-state index in [9.17, 15) is 9.59 Å². The van der Waals surface area contributed by atoms with Crippen molar-refractivity contribution < 1.29 is 14.3 Å². The molecule has 3 aromatic rings. The smallest absolute Gasteiger partial charge is 0.254 e. The lowest BCUT2D eigenvalue weighted by molar-refractivity contribution is -0.130. The van der Waals surface area contributed by atoms with Gasteiger partial charge in [-0.3, -0.25) is 9.59 Å². The molecule has 5 heteroatoms. The number of primary amides is 1. The summed E-state index contributed by atoms with van der Waals surface area (Å²) in [5.74, 6) is 0.167. The van der Waals surface area contributed by atoms with Crippen molar-refractivity contribution in [2.24, 2.45) is 11.1 Å². The molecule has 0 radical (unpaired) electrons. The Kier molecular flexibility index (Phi) is 6.26. The number of rotatable bonds is 6. The lowest BCUT2D eigenvalue weighted by Crippen LogP contribution is -2.53. The van der Waals surface area contributed by atoms with Gasteiger partial charge in [0.1, 0.15) is 5.75 Å². The van der Waals surface area contributed by atoms with Crippen molar-refractivity contribution >= 4 is 11.8 Å². The topological polar surface area (TPSA) is 72.6 Å². The average Bonchev–Trinajstić information content (AvgIpc) is 2.84. The molecule has 0 aliphatic carbocycles. The fourth-order valence-corrected chi connectivity index (χ4v) is 4.61. The molecule has 1 aliphatic heterocycles. The predicted octanol–water partition coefficient (Wildman–Crippen LogP) is 4.31. The molecular formula is C27H28N2O3. The van der Waals surface area contributed by atoms with Crippen LogP contribution in [0.25, 0.3) is 11.1 Å². The lowest BCUT2D eigenvalue weighted by atomic mass is 9.73. The van der Waals surface area contributed by atoms with E-state index in [4.69, 9.17) is 10.5 Å². The van der Waals surface area contributed by atoms with Crippen LogP contribution in [0, 0.1) is 5.41 Å². The highest BCUT2D eigenvalue weighted by atomic mass is 16.5. The van der Waals surface area contributed by atoms with Crippen molar-refractivity contribution in [2.75, 3.05) is 20.2 Å². The Morgan fingerprint density at radius 3 is 2.50 bits per heavy atom. The lowest BCUT2D eigenvalue weighted by Gasteiger charge is -2.41. The summed E-state index contributed by atoms with van der Waals surface area (Å²) >= 11 is 0. The first kappa shape index (κ1) is 21.6. The highest BCUT2D eigenvalue weighted by Gasteiger charge is 2.42. The van der Waals surface area contributed by atoms with Gasteiger partial charge in [0.2, 0.25) is 5.91 Å². The van der Waals surface area contributed by atoms with E-state index in [0.717, 1.165) is 23.1 Å². The van der Waals surface area contributed by atoms with Crippen molar-refractivity contribution in [1.82, 2.24) is 4.90 Å². The third-order valence-corrected chi connectivity index (χ3v) is 6.33. The summed E-state index contributed by atoms with van der Waals surface area (Å²) in [4.78, 5) is 27.8. The number of methoxy groups -OCH3 is 1. The number of carbonyl (C=O) groups is 2. The fraction of sp³-hybridized carbons (Fsp3) is 0.259. The molecule has 1 heterocycles. The van der Waals surface area contributed by atoms with Gasteiger partial charge in [-0.25, -0.2) is 0 Å². The van der Waals surface area contributed by atoms with Crippen LogP contribution in [0.1, 0.15) is 28.8 Å². The predicted molar refractivity (Wildman–Crippen MR) is 125 cm³/mol. The zero-order valence-corrected chi connectivity index (χ0v) is 18.3. The van der Waals surface area contributed by atoms with Gasteiger partial charge in [0.25, 0.3) is 5.91 Å². The minimum atomic E-state index is -0.808. The second-order valence-electron chi connectivity index (χ2n) is 8.41. The molecule has 1 atom stereocenters. The molecule has 0 saturated carbocycles. The van der Waals surface area contributed by atoms with Gasteiger partial charge in [-0.2, -0.15) is 0 Å². The van der Waals surface area contributed by atoms with E-state index in [2.05, 4.69) is 24.3 Å². The number of benzene rings is 3. The zero-order chi connectivity index (χ0) is 22.6. The summed E-state index contributed by atoms with van der Waals surface area (Å²) in [5.41, 5.74) is 8.98. The largest absolute Gasteiger partial charge is 0.497 e. The van der Waals surface area contributed by atoms with E-state index in [1.54, 1.807) is 36.3 Å². The van der Waals surface area contributed by atoms with Crippen molar-refractivity contribution in [3.8, 4) is 16.9 Å². The Morgan fingerprint density at radius 1 is 1.00 bits per heavy atom. The van der Waals surface area contributed by atoms with Crippen molar-refractivity contribution in [3.05, 3.63) is 90.0 Å². The molecular weight excluding hydrogens is 400 g/mol. The molecule has 2 N–H and O–H groups in total. The van der Waals surface area contributed by atoms with Gasteiger partial charge in [-0.1, -0.05) is 60.7 Å². The van der Waals surface area contributed by atoms with Crippen molar-refractivity contribution in [2.45, 2.75) is 19.3 Å². The first-order valence-corrected chi connectivity index (χ1v) is 10.9. The van der Waals surface area contributed by atoms with Crippen LogP contribution in [0.3, 0.4) is 0 Å². The molecule has 164 valence electrons. The van der Waals surface area contributed by atoms with Crippen LogP contribution in [0.5, 0.6) is 5.75 Å². The van der Waals surface area contributed by atoms with Crippen molar-refractivity contribution in [1.29, 1.82) is 0 Å². The number of ether oxygens (including phenoxy) is 1. The quantitative estimate of drug-likeness (QED) is 0.636. The van der Waals surface area contributed by atoms with Gasteiger partial charge >= 0.3 is 0 Å². The van der Waals surface area contributed by atoms with E-state index in [0.29, 0.717) is 37.2 Å². The Hall–Kier alpha value is -3.60. The Balaban J connectivity index is 1.63. The summed E-state index contributed by atoms with van der Waals surface area (Å²) in [6, 6.07) is 25.3. The minimum absolute atomic E-state index is 0.106. The van der Waals surface area contributed by atoms with Gasteiger partial charge in [-0.15, -0.1) is 0 Å². The number of carbonyl (C=O) groups excluding carboxylic acids is 2. The van der Waals surface area contributed by atoms with Crippen LogP contribution in [-0.2, 0) is 11.2 Å². The summed E-state index contributed by atoms with van der Waals surface area (Å²) in [6.07, 6.45) is 1.88. The number of piperidine rings is 1. The highest BCUT2D eigenvalue weighted by Crippen LogP contribution is 2.37. The molecule has 0 spiro atoms. The number of amides is 2. The zero-order valence-electron chi connectivity index (χ0n) is 18.3. The molecule has 32 heavy (non-hydrogen) atoms. The number of nitrogens with zero attached hydrogens (tertiary/aromatic N) is 1. The van der Waals surface area contributed by atoms with E-state index < -0.39 is 5.41 Å². The SMILES string of the molecule is COc1cccc(C(=O)N2CCC[C@](Cc3ccccc3-c3ccccc3)(C(N)=O)C2)c1. The molecule has 1 saturated heterocycles. The Labute approximate surface area is 188 Å². The molecule has 2 amide bonds. The van der Waals surface area contributed by atoms with Crippen molar-refractivity contribution in [3.63, 3.8) is 0 Å². The maximum atomic E-state index is 13.2. The first-order chi connectivity index (χ1) is 15.5. The monoisotopic (exact) mass is 428 g/mol. The third-order valence-electron chi connectivity index (χ3n) is 6.33. The Morgan fingerprint density at radius 2 is 1.75 bits per heavy atom. The summed E-state index contributed by atoms with van der Waals surface area (Å²) in [7, 11) is 1.58. The van der Waals surface area contributed by atoms with Crippen LogP contribution in [0.2, 0.25) is 0 Å². The minimum Gasteiger partial charge on any atom is -0.497 e. The average molecular weight is 429 g/mol. The third kappa shape index (κ3) is 4.37. The summed E-state index contributed by atoms with van der Waals surface area (Å²) < 4.78 is 5.26. The second-order valence-corrected chi connectivity index (χ2v) is 8.41. The van der Waals surface area contributed by atoms with Gasteiger partial charge < -0.3 is 15.4 Å². The molecule has 1 fully saturated rings. The van der Waals surface area contributed by atoms with E-state index >= 15 is 0 Å². The van der Waals surface area contributed by atoms with Crippen LogP contribution in [0.15, 0.2) is 78.9 Å². The standard InChI is InChI=1S/C27H28N2O3/c1-32-23-13-7-12-21(17-23)25(30)29-16-8-15-27(19-29,26(28)31)18-22-11-5-6-14-24(22)20-9-3-2-4-10-20/h2-7,9-14,17H,8,15-16,18-19H2,1H3,(H2,28,31)/t27-/m1/s1. The normalized spacial score (nSPS) is 18.2. The molecule has 3 aromatic carbocycles. The number of likely N-dealkylation sites (tertiary alicyclic amines) is 1. The van der Waals surface area contributed by atoms with E-state index in [1.165, 1.54) is 0 Å². The number of hydrogen-bond donors (Lipinski definition) is 1. The van der Waals surface area contributed by atoms with Crippen LogP contribution >= 0.6 is 0 Å². The van der Waals surface area contributed by atoms with Gasteiger partial charge in [0.05, 0.1) is 12.5 Å². The van der Waals surface area contributed by atoms with Gasteiger partial charge in [-0.05, 0) is 54.2 Å². The molecule has 5 nitrogen and oxygen atoms in total. The van der Waals surface area contributed by atoms with Crippen LogP contribution in [-0.4, -0.2) is 36.9 Å². The maximum Gasteiger partial charge on any atom is 0.254 e. The summed E-state index contributed by atoms with van der Waals surface area (Å²) in [6.45, 7) is 0.910. The summed E-state index contributed by atoms with van der Waals surface area (Å²) in [5, 5.41) is 0. The van der Waals surface area contributed by atoms with Gasteiger partial charge in [0, 0.05) is 18.7 Å². The Bertz CT molecular complexity index is 1110. The van der Waals surface area contributed by atoms with E-state index in [1.807, 2.05) is 30.3 Å². The fourth-order valence-electron chi connectivity index (χ4n) is 4.61. The molecule has 0 unspecified atom stereocenters. The van der Waals surface area contributed by atoms with Crippen LogP contribution in [0.4, 0.5) is 0 Å². The molecule has 0 aromatic heterocycles. The van der Waals surface area contributed by atoms with Crippen LogP contribution < -0.4 is 10.5 Å². The van der Waals surface area contributed by atoms with Gasteiger partial charge in [0.15, 0.2) is 0 Å². The molecule has 1 aliphatic rings. The number of hydrogen-bond acceptors (Lipinski definition) is 3.